The summed E-state index contributed by atoms with van der Waals surface area (Å²) in [4.78, 5) is 20.7. The number of alkyl carbamates (subject to hydrolysis) is 1. The molecule has 1 aliphatic rings. The molecule has 1 aliphatic carbocycles. The zero-order valence-corrected chi connectivity index (χ0v) is 27.1. The Kier molecular flexibility index (Phi) is 10.9. The number of nitrogens with one attached hydrogen (secondary N) is 1. The van der Waals surface area contributed by atoms with Gasteiger partial charge in [-0.15, -0.1) is 0 Å². The average molecular weight is 655 g/mol. The lowest BCUT2D eigenvalue weighted by Crippen LogP contribution is -2.57. The minimum atomic E-state index is -1.69. The molecule has 1 amide bonds. The van der Waals surface area contributed by atoms with Crippen molar-refractivity contribution in [3.05, 3.63) is 108 Å². The number of ether oxygens (including phenoxy) is 2. The van der Waals surface area contributed by atoms with Gasteiger partial charge >= 0.3 is 6.09 Å². The van der Waals surface area contributed by atoms with Gasteiger partial charge in [-0.3, -0.25) is 9.88 Å². The van der Waals surface area contributed by atoms with Gasteiger partial charge in [-0.1, -0.05) is 114 Å². The highest BCUT2D eigenvalue weighted by molar-refractivity contribution is 6.67. The highest BCUT2D eigenvalue weighted by atomic mass is 35.6. The molecule has 5 rings (SSSR count). The van der Waals surface area contributed by atoms with E-state index < -0.39 is 15.4 Å². The number of nitrogens with zero attached hydrogens (tertiary/aromatic N) is 2. The molecular formula is C35H38Cl3N3O3. The summed E-state index contributed by atoms with van der Waals surface area (Å²) in [6.45, 7) is 4.04. The van der Waals surface area contributed by atoms with Gasteiger partial charge in [0, 0.05) is 48.2 Å². The molecule has 1 saturated carbocycles. The van der Waals surface area contributed by atoms with E-state index in [1.165, 1.54) is 11.1 Å². The molecule has 0 radical (unpaired) electrons. The molecule has 44 heavy (non-hydrogen) atoms. The molecule has 1 heterocycles. The van der Waals surface area contributed by atoms with E-state index in [0.29, 0.717) is 19.7 Å². The van der Waals surface area contributed by atoms with Crippen molar-refractivity contribution in [2.45, 2.75) is 54.4 Å². The molecule has 0 unspecified atom stereocenters. The Bertz CT molecular complexity index is 1520. The topological polar surface area (TPSA) is 63.7 Å². The van der Waals surface area contributed by atoms with Gasteiger partial charge in [0.05, 0.1) is 12.1 Å². The second kappa shape index (κ2) is 14.8. The molecule has 9 heteroatoms. The lowest BCUT2D eigenvalue weighted by atomic mass is 9.81. The third-order valence-corrected chi connectivity index (χ3v) is 8.70. The zero-order valence-electron chi connectivity index (χ0n) is 24.9. The smallest absolute Gasteiger partial charge is 0.407 e. The van der Waals surface area contributed by atoms with Gasteiger partial charge in [-0.25, -0.2) is 4.79 Å². The Hall–Kier alpha value is -3.03. The number of alkyl halides is 3. The monoisotopic (exact) mass is 653 g/mol. The fraction of sp³-hybridized carbons (Fsp3) is 0.371. The van der Waals surface area contributed by atoms with Crippen LogP contribution in [0.1, 0.15) is 48.9 Å². The van der Waals surface area contributed by atoms with Crippen molar-refractivity contribution in [1.82, 2.24) is 15.2 Å². The Morgan fingerprint density at radius 1 is 1.00 bits per heavy atom. The van der Waals surface area contributed by atoms with Crippen molar-refractivity contribution in [3.8, 4) is 5.75 Å². The van der Waals surface area contributed by atoms with Crippen molar-refractivity contribution in [3.63, 3.8) is 0 Å². The average Bonchev–Trinajstić information content (AvgIpc) is 3.47. The number of aromatic nitrogens is 1. The van der Waals surface area contributed by atoms with Crippen LogP contribution < -0.4 is 10.1 Å². The number of carbonyl (C=O) groups excluding carboxylic acids is 1. The molecule has 4 aromatic rings. The molecule has 3 aromatic carbocycles. The Labute approximate surface area is 274 Å². The number of halogens is 3. The summed E-state index contributed by atoms with van der Waals surface area (Å²) in [7, 11) is 0. The first-order valence-corrected chi connectivity index (χ1v) is 16.2. The molecule has 1 N–H and O–H groups in total. The Morgan fingerprint density at radius 3 is 2.39 bits per heavy atom. The standard InChI is InChI=1S/C35H38Cl3N3O3/c1-2-43-32-22-31(40-30-18-10-9-16-28(30)32)29-17-11-20-34(29,24-39-33(42)44-25-35(36,37)38)41(23-27-14-7-4-8-15-27)21-19-26-12-5-3-6-13-26/h3-10,12-16,18,22,29H,2,11,17,19-21,23-25H2,1H3,(H,39,42)/t29-,34+/m1/s1. The van der Waals surface area contributed by atoms with Crippen molar-refractivity contribution in [2.75, 3.05) is 26.3 Å². The molecule has 2 atom stereocenters. The maximum atomic E-state index is 12.9. The highest BCUT2D eigenvalue weighted by Crippen LogP contribution is 2.48. The van der Waals surface area contributed by atoms with Crippen LogP contribution >= 0.6 is 34.8 Å². The number of benzene rings is 3. The summed E-state index contributed by atoms with van der Waals surface area (Å²) in [6.07, 6.45) is 2.99. The number of hydrogen-bond acceptors (Lipinski definition) is 5. The molecular weight excluding hydrogens is 617 g/mol. The number of fused-ring (bicyclic) bond motifs is 1. The van der Waals surface area contributed by atoms with E-state index in [4.69, 9.17) is 49.3 Å². The van der Waals surface area contributed by atoms with E-state index >= 15 is 0 Å². The van der Waals surface area contributed by atoms with E-state index in [0.717, 1.165) is 54.6 Å². The first-order valence-electron chi connectivity index (χ1n) is 15.1. The predicted octanol–water partition coefficient (Wildman–Crippen LogP) is 8.48. The summed E-state index contributed by atoms with van der Waals surface area (Å²) in [5.74, 6) is 0.835. The van der Waals surface area contributed by atoms with Crippen LogP contribution in [0.15, 0.2) is 91.0 Å². The lowest BCUT2D eigenvalue weighted by molar-refractivity contribution is 0.0631. The molecule has 0 aliphatic heterocycles. The van der Waals surface area contributed by atoms with E-state index in [9.17, 15) is 4.79 Å². The summed E-state index contributed by atoms with van der Waals surface area (Å²) >= 11 is 17.6. The Balaban J connectivity index is 1.55. The van der Waals surface area contributed by atoms with Gasteiger partial charge in [-0.05, 0) is 49.4 Å². The molecule has 6 nitrogen and oxygen atoms in total. The van der Waals surface area contributed by atoms with Gasteiger partial charge < -0.3 is 14.8 Å². The number of carbonyl (C=O) groups is 1. The van der Waals surface area contributed by atoms with Crippen LogP contribution in [0.2, 0.25) is 0 Å². The maximum absolute atomic E-state index is 12.9. The van der Waals surface area contributed by atoms with Gasteiger partial charge in [0.1, 0.15) is 12.4 Å². The van der Waals surface area contributed by atoms with Gasteiger partial charge in [0.25, 0.3) is 0 Å². The summed E-state index contributed by atoms with van der Waals surface area (Å²) < 4.78 is 9.73. The summed E-state index contributed by atoms with van der Waals surface area (Å²) in [5.41, 5.74) is 3.84. The number of rotatable bonds is 12. The van der Waals surface area contributed by atoms with Crippen molar-refractivity contribution in [2.24, 2.45) is 0 Å². The third kappa shape index (κ3) is 8.16. The largest absolute Gasteiger partial charge is 0.493 e. The van der Waals surface area contributed by atoms with Gasteiger partial charge in [0.2, 0.25) is 3.79 Å². The van der Waals surface area contributed by atoms with Crippen molar-refractivity contribution >= 4 is 51.8 Å². The molecule has 0 bridgehead atoms. The van der Waals surface area contributed by atoms with Gasteiger partial charge in [-0.2, -0.15) is 0 Å². The molecule has 1 aromatic heterocycles. The lowest BCUT2D eigenvalue weighted by Gasteiger charge is -2.46. The van der Waals surface area contributed by atoms with Crippen LogP contribution in [0.4, 0.5) is 4.79 Å². The van der Waals surface area contributed by atoms with E-state index in [2.05, 4.69) is 64.8 Å². The fourth-order valence-corrected chi connectivity index (χ4v) is 6.56. The van der Waals surface area contributed by atoms with Crippen LogP contribution in [0.3, 0.4) is 0 Å². The first kappa shape index (κ1) is 32.4. The van der Waals surface area contributed by atoms with E-state index in [1.807, 2.05) is 43.3 Å². The zero-order chi connectivity index (χ0) is 31.0. The molecule has 0 saturated heterocycles. The normalized spacial score (nSPS) is 18.4. The van der Waals surface area contributed by atoms with E-state index in [1.54, 1.807) is 0 Å². The first-order chi connectivity index (χ1) is 21.3. The number of para-hydroxylation sites is 1. The minimum absolute atomic E-state index is 0.0132. The number of pyridine rings is 1. The van der Waals surface area contributed by atoms with Crippen molar-refractivity contribution in [1.29, 1.82) is 0 Å². The quantitative estimate of drug-likeness (QED) is 0.155. The maximum Gasteiger partial charge on any atom is 0.407 e. The van der Waals surface area contributed by atoms with Crippen LogP contribution in [0, 0.1) is 0 Å². The van der Waals surface area contributed by atoms with Crippen LogP contribution in [0.25, 0.3) is 10.9 Å². The molecule has 232 valence electrons. The number of hydrogen-bond donors (Lipinski definition) is 1. The third-order valence-electron chi connectivity index (χ3n) is 8.37. The SMILES string of the molecule is CCOc1cc([C@H]2CCC[C@@]2(CNC(=O)OCC(Cl)(Cl)Cl)N(CCc2ccccc2)Cc2ccccc2)nc2ccccc12. The van der Waals surface area contributed by atoms with Crippen LogP contribution in [-0.2, 0) is 17.7 Å². The minimum Gasteiger partial charge on any atom is -0.493 e. The summed E-state index contributed by atoms with van der Waals surface area (Å²) in [5, 5.41) is 4.03. The van der Waals surface area contributed by atoms with Crippen LogP contribution in [-0.4, -0.2) is 51.6 Å². The highest BCUT2D eigenvalue weighted by Gasteiger charge is 2.49. The van der Waals surface area contributed by atoms with Crippen molar-refractivity contribution < 1.29 is 14.3 Å². The van der Waals surface area contributed by atoms with Crippen LogP contribution in [0.5, 0.6) is 5.75 Å². The number of amides is 1. The van der Waals surface area contributed by atoms with Gasteiger partial charge in [0.15, 0.2) is 0 Å². The van der Waals surface area contributed by atoms with E-state index in [-0.39, 0.29) is 12.5 Å². The summed E-state index contributed by atoms with van der Waals surface area (Å²) in [6, 6.07) is 31.1. The predicted molar refractivity (Wildman–Crippen MR) is 179 cm³/mol. The Morgan fingerprint density at radius 2 is 1.68 bits per heavy atom. The second-order valence-electron chi connectivity index (χ2n) is 11.2. The molecule has 0 spiro atoms. The second-order valence-corrected chi connectivity index (χ2v) is 13.7. The fourth-order valence-electron chi connectivity index (χ4n) is 6.39. The molecule has 1 fully saturated rings.